The first kappa shape index (κ1) is 25.6. The van der Waals surface area contributed by atoms with E-state index in [1.54, 1.807) is 31.2 Å². The number of aromatic nitrogens is 1. The predicted molar refractivity (Wildman–Crippen MR) is 136 cm³/mol. The van der Waals surface area contributed by atoms with Crippen molar-refractivity contribution in [3.8, 4) is 0 Å². The minimum Gasteiger partial charge on any atom is -0.464 e. The topological polar surface area (TPSA) is 145 Å². The maximum absolute atomic E-state index is 13.8. The second-order valence-corrected chi connectivity index (χ2v) is 9.03. The van der Waals surface area contributed by atoms with Crippen molar-refractivity contribution in [3.63, 3.8) is 0 Å². The lowest BCUT2D eigenvalue weighted by molar-refractivity contribution is -0.126. The van der Waals surface area contributed by atoms with E-state index in [4.69, 9.17) is 15.9 Å². The van der Waals surface area contributed by atoms with Crippen LogP contribution in [0, 0.1) is 12.7 Å². The summed E-state index contributed by atoms with van der Waals surface area (Å²) in [6, 6.07) is 16.9. The Morgan fingerprint density at radius 1 is 1.05 bits per heavy atom. The first-order valence-electron chi connectivity index (χ1n) is 11.2. The minimum atomic E-state index is -1.19. The summed E-state index contributed by atoms with van der Waals surface area (Å²) in [6.07, 6.45) is 0. The molecule has 37 heavy (non-hydrogen) atoms. The second-order valence-electron chi connectivity index (χ2n) is 8.25. The molecule has 3 amide bonds. The van der Waals surface area contributed by atoms with E-state index in [1.807, 2.05) is 30.3 Å². The van der Waals surface area contributed by atoms with Crippen molar-refractivity contribution in [3.05, 3.63) is 106 Å². The van der Waals surface area contributed by atoms with Gasteiger partial charge in [-0.1, -0.05) is 42.5 Å². The smallest absolute Gasteiger partial charge is 0.270 e. The highest BCUT2D eigenvalue weighted by molar-refractivity contribution is 7.09. The zero-order chi connectivity index (χ0) is 26.5. The van der Waals surface area contributed by atoms with Crippen molar-refractivity contribution in [1.82, 2.24) is 14.6 Å². The van der Waals surface area contributed by atoms with Crippen LogP contribution in [0.5, 0.6) is 0 Å². The van der Waals surface area contributed by atoms with Gasteiger partial charge >= 0.3 is 0 Å². The van der Waals surface area contributed by atoms with Gasteiger partial charge in [0.15, 0.2) is 11.7 Å². The normalized spacial score (nSPS) is 11.6. The molecule has 2 aromatic carbocycles. The molecule has 2 aromatic heterocycles. The number of nitrogens with two attached hydrogens (primary N) is 2. The molecule has 2 heterocycles. The molecule has 11 heteroatoms. The molecule has 9 nitrogen and oxygen atoms in total. The third-order valence-corrected chi connectivity index (χ3v) is 6.43. The third-order valence-electron chi connectivity index (χ3n) is 5.58. The fraction of sp³-hybridized carbons (Fsp3) is 0.154. The third kappa shape index (κ3) is 5.84. The number of nitrogens with zero attached hydrogens (tertiary/aromatic N) is 2. The van der Waals surface area contributed by atoms with Crippen molar-refractivity contribution in [1.29, 1.82) is 0 Å². The lowest BCUT2D eigenvalue weighted by Gasteiger charge is -2.29. The van der Waals surface area contributed by atoms with Gasteiger partial charge in [-0.15, -0.1) is 0 Å². The lowest BCUT2D eigenvalue weighted by atomic mass is 10.1. The first-order valence-corrected chi connectivity index (χ1v) is 12.0. The number of primary amides is 1. The van der Waals surface area contributed by atoms with Crippen LogP contribution < -0.4 is 16.8 Å². The van der Waals surface area contributed by atoms with Gasteiger partial charge in [0.05, 0.1) is 5.69 Å². The number of halogens is 1. The van der Waals surface area contributed by atoms with Gasteiger partial charge in [-0.3, -0.25) is 14.4 Å². The van der Waals surface area contributed by atoms with E-state index in [2.05, 4.69) is 9.69 Å². The van der Waals surface area contributed by atoms with E-state index in [-0.39, 0.29) is 35.1 Å². The zero-order valence-corrected chi connectivity index (χ0v) is 20.6. The van der Waals surface area contributed by atoms with Gasteiger partial charge in [0, 0.05) is 13.1 Å². The minimum absolute atomic E-state index is 0.0238. The van der Waals surface area contributed by atoms with E-state index in [9.17, 15) is 18.8 Å². The number of furan rings is 1. The van der Waals surface area contributed by atoms with Crippen LogP contribution in [0.15, 0.2) is 71.1 Å². The van der Waals surface area contributed by atoms with Crippen LogP contribution in [0.3, 0.4) is 0 Å². The van der Waals surface area contributed by atoms with Crippen LogP contribution in [0.2, 0.25) is 0 Å². The van der Waals surface area contributed by atoms with Gasteiger partial charge in [0.25, 0.3) is 17.7 Å². The highest BCUT2D eigenvalue weighted by Gasteiger charge is 2.36. The molecule has 0 spiro atoms. The highest BCUT2D eigenvalue weighted by atomic mass is 32.1. The van der Waals surface area contributed by atoms with Crippen LogP contribution in [0.1, 0.15) is 48.8 Å². The Hall–Kier alpha value is -4.51. The largest absolute Gasteiger partial charge is 0.464 e. The zero-order valence-electron chi connectivity index (χ0n) is 19.8. The maximum Gasteiger partial charge on any atom is 0.270 e. The Kier molecular flexibility index (Phi) is 7.63. The van der Waals surface area contributed by atoms with Crippen LogP contribution in [-0.4, -0.2) is 27.0 Å². The molecule has 1 unspecified atom stereocenters. The molecule has 0 fully saturated rings. The molecule has 0 radical (unpaired) electrons. The Bertz CT molecular complexity index is 1420. The summed E-state index contributed by atoms with van der Waals surface area (Å²) in [5.74, 6) is -1.62. The van der Waals surface area contributed by atoms with Gasteiger partial charge in [-0.25, -0.2) is 4.39 Å². The molecule has 0 aliphatic carbocycles. The van der Waals surface area contributed by atoms with Crippen molar-refractivity contribution in [2.24, 2.45) is 5.73 Å². The number of rotatable bonds is 9. The monoisotopic (exact) mass is 521 g/mol. The molecule has 0 bridgehead atoms. The number of anilines is 1. The van der Waals surface area contributed by atoms with Gasteiger partial charge in [0.1, 0.15) is 22.2 Å². The van der Waals surface area contributed by atoms with E-state index in [0.717, 1.165) is 17.1 Å². The van der Waals surface area contributed by atoms with E-state index in [0.29, 0.717) is 11.3 Å². The fourth-order valence-electron chi connectivity index (χ4n) is 3.73. The molecule has 4 aromatic rings. The summed E-state index contributed by atoms with van der Waals surface area (Å²) in [7, 11) is 0. The predicted octanol–water partition coefficient (Wildman–Crippen LogP) is 3.56. The Morgan fingerprint density at radius 2 is 1.76 bits per heavy atom. The summed E-state index contributed by atoms with van der Waals surface area (Å²) in [5, 5.41) is 2.80. The van der Waals surface area contributed by atoms with Crippen LogP contribution in [0.25, 0.3) is 0 Å². The Balaban J connectivity index is 1.73. The van der Waals surface area contributed by atoms with Crippen molar-refractivity contribution >= 4 is 34.9 Å². The quantitative estimate of drug-likeness (QED) is 0.307. The van der Waals surface area contributed by atoms with Gasteiger partial charge in [-0.2, -0.15) is 4.37 Å². The lowest BCUT2D eigenvalue weighted by Crippen LogP contribution is -2.43. The summed E-state index contributed by atoms with van der Waals surface area (Å²) in [5.41, 5.74) is 12.4. The number of hydrogen-bond donors (Lipinski definition) is 3. The van der Waals surface area contributed by atoms with Crippen molar-refractivity contribution < 1.29 is 23.2 Å². The summed E-state index contributed by atoms with van der Waals surface area (Å²) in [6.45, 7) is 1.84. The average Bonchev–Trinajstić information content (AvgIpc) is 3.49. The van der Waals surface area contributed by atoms with Crippen molar-refractivity contribution in [2.45, 2.75) is 26.1 Å². The molecular weight excluding hydrogens is 497 g/mol. The number of aryl methyl sites for hydroxylation is 1. The SMILES string of the molecule is Cc1ccc(C(C(=O)NCc2ccc(F)cc2)N(Cc2ccccc2)C(=O)c2snc(C(N)=O)c2N)o1. The van der Waals surface area contributed by atoms with Gasteiger partial charge < -0.3 is 26.1 Å². The number of hydrogen-bond acceptors (Lipinski definition) is 7. The van der Waals surface area contributed by atoms with E-state index >= 15 is 0 Å². The van der Waals surface area contributed by atoms with Gasteiger partial charge in [0.2, 0.25) is 0 Å². The molecule has 0 aliphatic heterocycles. The molecule has 0 saturated heterocycles. The van der Waals surface area contributed by atoms with E-state index < -0.39 is 29.6 Å². The second kappa shape index (κ2) is 11.0. The number of amides is 3. The first-order chi connectivity index (χ1) is 17.7. The molecule has 0 aliphatic rings. The number of nitrogen functional groups attached to an aromatic ring is 1. The average molecular weight is 522 g/mol. The number of nitrogens with one attached hydrogen (secondary N) is 1. The highest BCUT2D eigenvalue weighted by Crippen LogP contribution is 2.31. The Labute approximate surface area is 216 Å². The molecule has 1 atom stereocenters. The fourth-order valence-corrected chi connectivity index (χ4v) is 4.49. The molecular formula is C26H24FN5O4S. The van der Waals surface area contributed by atoms with Crippen molar-refractivity contribution in [2.75, 3.05) is 5.73 Å². The van der Waals surface area contributed by atoms with E-state index in [1.165, 1.54) is 17.0 Å². The molecule has 190 valence electrons. The van der Waals surface area contributed by atoms with Crippen LogP contribution in [0.4, 0.5) is 10.1 Å². The number of benzene rings is 2. The number of carbonyl (C=O) groups excluding carboxylic acids is 3. The number of carbonyl (C=O) groups is 3. The molecule has 5 N–H and O–H groups in total. The van der Waals surface area contributed by atoms with Crippen LogP contribution in [-0.2, 0) is 17.9 Å². The van der Waals surface area contributed by atoms with Gasteiger partial charge in [-0.05, 0) is 53.8 Å². The Morgan fingerprint density at radius 3 is 2.35 bits per heavy atom. The van der Waals surface area contributed by atoms with Crippen LogP contribution >= 0.6 is 11.5 Å². The standard InChI is InChI=1S/C26H24FN5O4S/c1-15-7-12-19(36-15)22(25(34)30-13-16-8-10-18(27)11-9-16)32(14-17-5-3-2-4-6-17)26(35)23-20(28)21(24(29)33)31-37-23/h2-12,22H,13-14,28H2,1H3,(H2,29,33)(H,30,34). The summed E-state index contributed by atoms with van der Waals surface area (Å²) >= 11 is 0.728. The maximum atomic E-state index is 13.8. The summed E-state index contributed by atoms with van der Waals surface area (Å²) in [4.78, 5) is 40.4. The molecule has 4 rings (SSSR count). The molecule has 0 saturated carbocycles. The summed E-state index contributed by atoms with van der Waals surface area (Å²) < 4.78 is 23.0.